The van der Waals surface area contributed by atoms with E-state index in [1.807, 2.05) is 0 Å². The van der Waals surface area contributed by atoms with Gasteiger partial charge in [-0.15, -0.1) is 0 Å². The molecule has 10 nitrogen and oxygen atoms in total. The molecule has 3 heterocycles. The minimum absolute atomic E-state index is 0.110. The number of amides is 3. The highest BCUT2D eigenvalue weighted by Crippen LogP contribution is 2.54. The molecule has 0 bridgehead atoms. The first-order valence-electron chi connectivity index (χ1n) is 12.6. The molecular formula is C28H20BrClN4O6S3. The number of fused-ring (bicyclic) bond motifs is 2. The summed E-state index contributed by atoms with van der Waals surface area (Å²) >= 11 is 11.6. The molecule has 3 aromatic carbocycles. The summed E-state index contributed by atoms with van der Waals surface area (Å²) in [4.78, 5) is 55.3. The van der Waals surface area contributed by atoms with Crippen LogP contribution in [0.3, 0.4) is 0 Å². The number of benzene rings is 3. The molecule has 0 radical (unpaired) electrons. The first kappa shape index (κ1) is 29.8. The molecule has 2 aliphatic heterocycles. The summed E-state index contributed by atoms with van der Waals surface area (Å²) in [6, 6.07) is 19.1. The van der Waals surface area contributed by atoms with E-state index >= 15 is 0 Å². The number of rotatable bonds is 6. The van der Waals surface area contributed by atoms with Crippen LogP contribution in [0, 0.1) is 5.92 Å². The van der Waals surface area contributed by atoms with E-state index in [-0.39, 0.29) is 17.3 Å². The fourth-order valence-electron chi connectivity index (χ4n) is 5.20. The number of primary sulfonamides is 1. The average Bonchev–Trinajstić information content (AvgIpc) is 3.40. The van der Waals surface area contributed by atoms with Crippen LogP contribution >= 0.6 is 50.6 Å². The highest BCUT2D eigenvalue weighted by atomic mass is 79.9. The maximum atomic E-state index is 13.9. The molecule has 43 heavy (non-hydrogen) atoms. The Morgan fingerprint density at radius 1 is 0.953 bits per heavy atom. The molecule has 0 aliphatic carbocycles. The van der Waals surface area contributed by atoms with Crippen LogP contribution < -0.4 is 20.2 Å². The number of nitrogens with two attached hydrogens (primary N) is 1. The van der Waals surface area contributed by atoms with Crippen molar-refractivity contribution in [2.45, 2.75) is 27.6 Å². The van der Waals surface area contributed by atoms with Gasteiger partial charge in [0.05, 0.1) is 21.5 Å². The number of thiazole rings is 1. The lowest BCUT2D eigenvalue weighted by molar-refractivity contribution is -0.122. The highest BCUT2D eigenvalue weighted by Gasteiger charge is 2.56. The van der Waals surface area contributed by atoms with Crippen molar-refractivity contribution >= 4 is 89.7 Å². The smallest absolute Gasteiger partial charge is 0.308 e. The maximum Gasteiger partial charge on any atom is 0.308 e. The van der Waals surface area contributed by atoms with Crippen molar-refractivity contribution in [3.63, 3.8) is 0 Å². The number of hydrogen-bond acceptors (Lipinski definition) is 8. The first-order chi connectivity index (χ1) is 20.4. The SMILES string of the molecule is NS(=O)(=O)c1ccc(NC(=O)Cn2c3c(sc2=O)[C@H](c2ccc(Cl)cc2)C2C(=O)N(c4ccc(Br)cc4)C(=O)C2S3)cc1. The summed E-state index contributed by atoms with van der Waals surface area (Å²) < 4.78 is 25.2. The number of thioether (sulfide) groups is 1. The van der Waals surface area contributed by atoms with Crippen LogP contribution in [0.2, 0.25) is 5.02 Å². The van der Waals surface area contributed by atoms with Gasteiger partial charge < -0.3 is 5.32 Å². The van der Waals surface area contributed by atoms with Gasteiger partial charge in [0.25, 0.3) is 0 Å². The van der Waals surface area contributed by atoms with Crippen LogP contribution in [0.4, 0.5) is 11.4 Å². The zero-order chi connectivity index (χ0) is 30.6. The standard InChI is InChI=1S/C28H20BrClN4O6S3/c29-15-3-9-18(10-4-15)34-25(36)22-21(14-1-5-16(30)6-2-14)24-27(41-23(22)26(34)37)33(28(38)42-24)13-20(35)32-17-7-11-19(12-8-17)43(31,39)40/h1-12,21-23H,13H2,(H,32,35)(H2,31,39,40)/t21-,22?,23?/m1/s1. The third-order valence-electron chi connectivity index (χ3n) is 7.13. The second-order valence-corrected chi connectivity index (χ2v) is 14.9. The normalized spacial score (nSPS) is 19.7. The minimum atomic E-state index is -3.90. The van der Waals surface area contributed by atoms with E-state index in [0.29, 0.717) is 31.9 Å². The summed E-state index contributed by atoms with van der Waals surface area (Å²) in [5.41, 5.74) is 1.46. The van der Waals surface area contributed by atoms with Crippen LogP contribution in [0.25, 0.3) is 0 Å². The summed E-state index contributed by atoms with van der Waals surface area (Å²) in [6.45, 7) is -0.363. The largest absolute Gasteiger partial charge is 0.325 e. The highest BCUT2D eigenvalue weighted by molar-refractivity contribution is 9.10. The number of imide groups is 1. The van der Waals surface area contributed by atoms with E-state index in [1.54, 1.807) is 48.5 Å². The second-order valence-electron chi connectivity index (χ2n) is 9.82. The molecule has 0 saturated carbocycles. The van der Waals surface area contributed by atoms with Gasteiger partial charge in [0.15, 0.2) is 0 Å². The van der Waals surface area contributed by atoms with Crippen molar-refractivity contribution in [3.8, 4) is 0 Å². The molecule has 2 unspecified atom stereocenters. The third kappa shape index (κ3) is 5.58. The first-order valence-corrected chi connectivity index (χ1v) is 17.1. The van der Waals surface area contributed by atoms with Gasteiger partial charge in [-0.3, -0.25) is 23.7 Å². The van der Waals surface area contributed by atoms with Gasteiger partial charge >= 0.3 is 4.87 Å². The monoisotopic (exact) mass is 718 g/mol. The van der Waals surface area contributed by atoms with E-state index in [1.165, 1.54) is 33.7 Å². The van der Waals surface area contributed by atoms with Crippen molar-refractivity contribution < 1.29 is 22.8 Å². The van der Waals surface area contributed by atoms with Gasteiger partial charge in [-0.25, -0.2) is 18.5 Å². The Morgan fingerprint density at radius 2 is 1.60 bits per heavy atom. The Kier molecular flexibility index (Phi) is 7.85. The quantitative estimate of drug-likeness (QED) is 0.281. The van der Waals surface area contributed by atoms with Crippen molar-refractivity contribution in [1.82, 2.24) is 4.57 Å². The fraction of sp³-hybridized carbons (Fsp3) is 0.143. The Bertz CT molecular complexity index is 1940. The summed E-state index contributed by atoms with van der Waals surface area (Å²) in [6.07, 6.45) is 0. The average molecular weight is 720 g/mol. The molecule has 1 fully saturated rings. The fourth-order valence-corrected chi connectivity index (χ4v) is 8.88. The van der Waals surface area contributed by atoms with Gasteiger partial charge in [0.2, 0.25) is 27.7 Å². The predicted molar refractivity (Wildman–Crippen MR) is 168 cm³/mol. The van der Waals surface area contributed by atoms with Crippen molar-refractivity contribution in [1.29, 1.82) is 0 Å². The molecule has 2 aliphatic rings. The molecule has 0 spiro atoms. The lowest BCUT2D eigenvalue weighted by atomic mass is 9.83. The van der Waals surface area contributed by atoms with Gasteiger partial charge in [0.1, 0.15) is 11.8 Å². The Hall–Kier alpha value is -3.27. The number of nitrogens with one attached hydrogen (secondary N) is 1. The topological polar surface area (TPSA) is 149 Å². The Balaban J connectivity index is 1.36. The van der Waals surface area contributed by atoms with Crippen molar-refractivity contribution in [2.75, 3.05) is 10.2 Å². The van der Waals surface area contributed by atoms with Gasteiger partial charge in [-0.05, 0) is 66.2 Å². The Labute approximate surface area is 267 Å². The number of nitrogens with zero attached hydrogens (tertiary/aromatic N) is 2. The van der Waals surface area contributed by atoms with E-state index in [9.17, 15) is 27.6 Å². The maximum absolute atomic E-state index is 13.9. The van der Waals surface area contributed by atoms with E-state index in [4.69, 9.17) is 16.7 Å². The summed E-state index contributed by atoms with van der Waals surface area (Å²) in [5, 5.41) is 7.88. The number of aromatic nitrogens is 1. The number of carbonyl (C=O) groups is 3. The van der Waals surface area contributed by atoms with Gasteiger partial charge in [-0.1, -0.05) is 62.8 Å². The molecule has 3 N–H and O–H groups in total. The number of anilines is 2. The number of sulfonamides is 1. The summed E-state index contributed by atoms with van der Waals surface area (Å²) in [5.74, 6) is -2.72. The zero-order valence-electron chi connectivity index (χ0n) is 21.8. The zero-order valence-corrected chi connectivity index (χ0v) is 26.6. The van der Waals surface area contributed by atoms with E-state index < -0.39 is 43.8 Å². The van der Waals surface area contributed by atoms with Crippen molar-refractivity contribution in [3.05, 3.63) is 102 Å². The Morgan fingerprint density at radius 3 is 2.23 bits per heavy atom. The number of halogens is 2. The lowest BCUT2D eigenvalue weighted by Gasteiger charge is -2.30. The van der Waals surface area contributed by atoms with Crippen LogP contribution in [0.15, 0.2) is 92.0 Å². The molecule has 15 heteroatoms. The molecule has 4 aromatic rings. The van der Waals surface area contributed by atoms with E-state index in [0.717, 1.165) is 27.6 Å². The van der Waals surface area contributed by atoms with Gasteiger partial charge in [-0.2, -0.15) is 0 Å². The number of carbonyl (C=O) groups excluding carboxylic acids is 3. The minimum Gasteiger partial charge on any atom is -0.325 e. The summed E-state index contributed by atoms with van der Waals surface area (Å²) in [7, 11) is -3.90. The second kappa shape index (κ2) is 11.3. The number of hydrogen-bond donors (Lipinski definition) is 2. The predicted octanol–water partition coefficient (Wildman–Crippen LogP) is 4.41. The molecule has 1 aromatic heterocycles. The van der Waals surface area contributed by atoms with Crippen LogP contribution in [-0.4, -0.2) is 36.0 Å². The van der Waals surface area contributed by atoms with Crippen LogP contribution in [0.1, 0.15) is 16.4 Å². The van der Waals surface area contributed by atoms with Crippen LogP contribution in [-0.2, 0) is 31.0 Å². The molecule has 1 saturated heterocycles. The molecular weight excluding hydrogens is 700 g/mol. The lowest BCUT2D eigenvalue weighted by Crippen LogP contribution is -2.33. The van der Waals surface area contributed by atoms with E-state index in [2.05, 4.69) is 21.2 Å². The third-order valence-corrected chi connectivity index (χ3v) is 11.4. The molecule has 6 rings (SSSR count). The van der Waals surface area contributed by atoms with Crippen LogP contribution in [0.5, 0.6) is 0 Å². The molecule has 3 atom stereocenters. The molecule has 3 amide bonds. The van der Waals surface area contributed by atoms with Gasteiger partial charge in [0, 0.05) is 26.0 Å². The van der Waals surface area contributed by atoms with Crippen molar-refractivity contribution in [2.24, 2.45) is 11.1 Å². The molecule has 220 valence electrons.